The molecule has 10 atom stereocenters. The monoisotopic (exact) mass is 486 g/mol. The van der Waals surface area contributed by atoms with Gasteiger partial charge in [-0.3, -0.25) is 4.79 Å². The Hall–Kier alpha value is -1.61. The molecule has 35 heavy (non-hydrogen) atoms. The summed E-state index contributed by atoms with van der Waals surface area (Å²) < 4.78 is 5.73. The average molecular weight is 487 g/mol. The lowest BCUT2D eigenvalue weighted by Crippen LogP contribution is -2.67. The SMILES string of the molecule is C[C@@H](c1ccc2c(c1)CC[C@H]1[C@H]2C[C@@H](O)[C@@]2(O)CC=CC(=O)[C@]12C)C1C[C@@](C)(O)[C@](C)(O)[C@H](O)O1. The summed E-state index contributed by atoms with van der Waals surface area (Å²) >= 11 is 0. The standard InChI is InChI=1S/C28H38O7/c1-15(21-14-25(2,32)27(4,33)24(31)35-21)16-7-9-18-17(12-16)8-10-20-19(18)13-23(30)28(34)11-5-6-22(29)26(20,28)3/h5-7,9,12,15,19-21,23-24,30-34H,8,10-11,13-14H2,1-4H3/t15-,19-,20-,21?,23+,24+,25+,26-,27+,28-/m0/s1. The molecule has 7 nitrogen and oxygen atoms in total. The molecule has 5 rings (SSSR count). The lowest BCUT2D eigenvalue weighted by molar-refractivity contribution is -0.321. The average Bonchev–Trinajstić information content (AvgIpc) is 2.79. The van der Waals surface area contributed by atoms with Gasteiger partial charge < -0.3 is 30.3 Å². The summed E-state index contributed by atoms with van der Waals surface area (Å²) in [6, 6.07) is 6.21. The van der Waals surface area contributed by atoms with E-state index in [0.717, 1.165) is 29.5 Å². The van der Waals surface area contributed by atoms with Gasteiger partial charge in [0.25, 0.3) is 0 Å². The molecule has 0 spiro atoms. The van der Waals surface area contributed by atoms with Crippen molar-refractivity contribution in [3.8, 4) is 0 Å². The van der Waals surface area contributed by atoms with E-state index >= 15 is 0 Å². The van der Waals surface area contributed by atoms with Crippen molar-refractivity contribution in [1.82, 2.24) is 0 Å². The van der Waals surface area contributed by atoms with Gasteiger partial charge in [0.1, 0.15) is 11.2 Å². The Bertz CT molecular complexity index is 1060. The number of ether oxygens (including phenoxy) is 1. The number of hydrogen-bond donors (Lipinski definition) is 5. The Morgan fingerprint density at radius 2 is 1.83 bits per heavy atom. The quantitative estimate of drug-likeness (QED) is 0.433. The van der Waals surface area contributed by atoms with Gasteiger partial charge in [0, 0.05) is 12.3 Å². The number of aliphatic hydroxyl groups excluding tert-OH is 2. The van der Waals surface area contributed by atoms with E-state index in [-0.39, 0.29) is 36.4 Å². The third kappa shape index (κ3) is 3.36. The number of aryl methyl sites for hydroxylation is 1. The molecule has 5 N–H and O–H groups in total. The van der Waals surface area contributed by atoms with Crippen molar-refractivity contribution in [3.63, 3.8) is 0 Å². The Morgan fingerprint density at radius 3 is 2.51 bits per heavy atom. The molecule has 3 aliphatic carbocycles. The van der Waals surface area contributed by atoms with Gasteiger partial charge in [-0.15, -0.1) is 0 Å². The van der Waals surface area contributed by atoms with Gasteiger partial charge in [-0.05, 0) is 81.1 Å². The molecule has 0 radical (unpaired) electrons. The van der Waals surface area contributed by atoms with Crippen LogP contribution in [-0.2, 0) is 16.0 Å². The Kier molecular flexibility index (Phi) is 5.69. The normalized spacial score (nSPS) is 48.0. The first-order chi connectivity index (χ1) is 16.2. The summed E-state index contributed by atoms with van der Waals surface area (Å²) in [5.41, 5.74) is -2.46. The smallest absolute Gasteiger partial charge is 0.186 e. The Labute approximate surface area is 206 Å². The predicted molar refractivity (Wildman–Crippen MR) is 129 cm³/mol. The molecule has 1 saturated heterocycles. The van der Waals surface area contributed by atoms with Crippen molar-refractivity contribution in [1.29, 1.82) is 0 Å². The lowest BCUT2D eigenvalue weighted by atomic mass is 9.47. The zero-order valence-corrected chi connectivity index (χ0v) is 20.9. The second-order valence-corrected chi connectivity index (χ2v) is 12.0. The van der Waals surface area contributed by atoms with Gasteiger partial charge in [0.15, 0.2) is 12.1 Å². The number of rotatable bonds is 2. The molecule has 1 aromatic carbocycles. The van der Waals surface area contributed by atoms with Crippen LogP contribution in [0.2, 0.25) is 0 Å². The predicted octanol–water partition coefficient (Wildman–Crippen LogP) is 2.08. The number of fused-ring (bicyclic) bond motifs is 5. The molecule has 0 amide bonds. The zero-order valence-electron chi connectivity index (χ0n) is 20.9. The minimum atomic E-state index is -1.76. The number of ketones is 1. The van der Waals surface area contributed by atoms with E-state index in [2.05, 4.69) is 12.1 Å². The van der Waals surface area contributed by atoms with Crippen molar-refractivity contribution < 1.29 is 35.1 Å². The van der Waals surface area contributed by atoms with Crippen LogP contribution in [-0.4, -0.2) is 66.6 Å². The van der Waals surface area contributed by atoms with E-state index < -0.39 is 40.7 Å². The largest absolute Gasteiger partial charge is 0.390 e. The van der Waals surface area contributed by atoms with Crippen molar-refractivity contribution in [2.75, 3.05) is 0 Å². The fourth-order valence-corrected chi connectivity index (χ4v) is 7.28. The second kappa shape index (κ2) is 7.94. The van der Waals surface area contributed by atoms with E-state index in [9.17, 15) is 30.3 Å². The second-order valence-electron chi connectivity index (χ2n) is 12.0. The molecular weight excluding hydrogens is 448 g/mol. The first-order valence-corrected chi connectivity index (χ1v) is 12.8. The third-order valence-electron chi connectivity index (χ3n) is 10.2. The van der Waals surface area contributed by atoms with E-state index in [1.54, 1.807) is 12.2 Å². The first kappa shape index (κ1) is 25.1. The molecular formula is C28H38O7. The molecule has 1 aliphatic heterocycles. The minimum absolute atomic E-state index is 0.0255. The summed E-state index contributed by atoms with van der Waals surface area (Å²) in [5, 5.41) is 54.1. The van der Waals surface area contributed by atoms with Crippen molar-refractivity contribution >= 4 is 5.78 Å². The van der Waals surface area contributed by atoms with Crippen LogP contribution in [0.15, 0.2) is 30.4 Å². The number of benzene rings is 1. The van der Waals surface area contributed by atoms with Gasteiger partial charge >= 0.3 is 0 Å². The fourth-order valence-electron chi connectivity index (χ4n) is 7.28. The molecule has 2 fully saturated rings. The molecule has 7 heteroatoms. The topological polar surface area (TPSA) is 127 Å². The first-order valence-electron chi connectivity index (χ1n) is 12.8. The van der Waals surface area contributed by atoms with Gasteiger partial charge in [0.05, 0.1) is 23.2 Å². The molecule has 1 aromatic rings. The van der Waals surface area contributed by atoms with Crippen LogP contribution in [0.4, 0.5) is 0 Å². The summed E-state index contributed by atoms with van der Waals surface area (Å²) in [5.74, 6) is -0.329. The van der Waals surface area contributed by atoms with Crippen LogP contribution < -0.4 is 0 Å². The van der Waals surface area contributed by atoms with E-state index in [1.165, 1.54) is 13.8 Å². The zero-order chi connectivity index (χ0) is 25.6. The molecule has 1 unspecified atom stereocenters. The van der Waals surface area contributed by atoms with Gasteiger partial charge in [-0.1, -0.05) is 31.2 Å². The summed E-state index contributed by atoms with van der Waals surface area (Å²) in [6.45, 7) is 6.70. The molecule has 1 saturated carbocycles. The fraction of sp³-hybridized carbons (Fsp3) is 0.679. The van der Waals surface area contributed by atoms with Crippen LogP contribution in [0.1, 0.15) is 81.9 Å². The highest BCUT2D eigenvalue weighted by molar-refractivity contribution is 5.97. The van der Waals surface area contributed by atoms with Crippen LogP contribution >= 0.6 is 0 Å². The summed E-state index contributed by atoms with van der Waals surface area (Å²) in [6.07, 6.45) is 2.66. The molecule has 0 bridgehead atoms. The van der Waals surface area contributed by atoms with Crippen LogP contribution in [0, 0.1) is 11.3 Å². The van der Waals surface area contributed by atoms with Gasteiger partial charge in [0.2, 0.25) is 0 Å². The highest BCUT2D eigenvalue weighted by Gasteiger charge is 2.65. The highest BCUT2D eigenvalue weighted by Crippen LogP contribution is 2.60. The molecule has 192 valence electrons. The van der Waals surface area contributed by atoms with Crippen molar-refractivity contribution in [2.24, 2.45) is 11.3 Å². The Balaban J connectivity index is 1.44. The number of allylic oxidation sites excluding steroid dienone is 1. The van der Waals surface area contributed by atoms with Crippen molar-refractivity contribution in [2.45, 2.75) is 107 Å². The van der Waals surface area contributed by atoms with E-state index in [1.807, 2.05) is 19.9 Å². The number of aliphatic hydroxyl groups is 5. The number of carbonyl (C=O) groups excluding carboxylic acids is 1. The third-order valence-corrected chi connectivity index (χ3v) is 10.2. The maximum atomic E-state index is 13.1. The minimum Gasteiger partial charge on any atom is -0.390 e. The summed E-state index contributed by atoms with van der Waals surface area (Å²) in [4.78, 5) is 13.1. The highest BCUT2D eigenvalue weighted by atomic mass is 16.6. The van der Waals surface area contributed by atoms with Crippen LogP contribution in [0.3, 0.4) is 0 Å². The maximum Gasteiger partial charge on any atom is 0.186 e. The number of carbonyl (C=O) groups is 1. The van der Waals surface area contributed by atoms with Crippen LogP contribution in [0.5, 0.6) is 0 Å². The van der Waals surface area contributed by atoms with Gasteiger partial charge in [-0.2, -0.15) is 0 Å². The van der Waals surface area contributed by atoms with Gasteiger partial charge in [-0.25, -0.2) is 0 Å². The maximum absolute atomic E-state index is 13.1. The van der Waals surface area contributed by atoms with E-state index in [4.69, 9.17) is 4.74 Å². The van der Waals surface area contributed by atoms with Crippen molar-refractivity contribution in [3.05, 3.63) is 47.0 Å². The molecule has 1 heterocycles. The molecule has 4 aliphatic rings. The summed E-state index contributed by atoms with van der Waals surface area (Å²) in [7, 11) is 0. The number of hydrogen-bond acceptors (Lipinski definition) is 7. The molecule has 0 aromatic heterocycles. The van der Waals surface area contributed by atoms with Crippen LogP contribution in [0.25, 0.3) is 0 Å². The Morgan fingerprint density at radius 1 is 1.11 bits per heavy atom. The lowest BCUT2D eigenvalue weighted by Gasteiger charge is -2.59. The van der Waals surface area contributed by atoms with E-state index in [0.29, 0.717) is 6.42 Å².